The molecule has 0 aliphatic carbocycles. The molecule has 3 heterocycles. The smallest absolute Gasteiger partial charge is 0.325 e. The Morgan fingerprint density at radius 2 is 1.73 bits per heavy atom. The van der Waals surface area contributed by atoms with Crippen molar-refractivity contribution in [2.45, 2.75) is 18.9 Å². The molecule has 9 heteroatoms. The number of amides is 2. The molecule has 0 bridgehead atoms. The van der Waals surface area contributed by atoms with Gasteiger partial charge in [0.15, 0.2) is 0 Å². The van der Waals surface area contributed by atoms with E-state index in [-0.39, 0.29) is 18.0 Å². The fraction of sp³-hybridized carbons (Fsp3) is 0.250. The second-order valence-corrected chi connectivity index (χ2v) is 9.16. The second-order valence-electron chi connectivity index (χ2n) is 9.16. The molecule has 0 atom stereocenters. The van der Waals surface area contributed by atoms with Gasteiger partial charge in [0.2, 0.25) is 0 Å². The largest absolute Gasteiger partial charge is 0.393 e. The number of piperidine rings is 1. The van der Waals surface area contributed by atoms with Crippen LogP contribution in [0.2, 0.25) is 0 Å². The van der Waals surface area contributed by atoms with Gasteiger partial charge >= 0.3 is 6.03 Å². The van der Waals surface area contributed by atoms with E-state index < -0.39 is 0 Å². The first-order valence-corrected chi connectivity index (χ1v) is 12.3. The van der Waals surface area contributed by atoms with Crippen LogP contribution in [0, 0.1) is 0 Å². The highest BCUT2D eigenvalue weighted by Gasteiger charge is 2.18. The lowest BCUT2D eigenvalue weighted by Crippen LogP contribution is -2.35. The Labute approximate surface area is 215 Å². The van der Waals surface area contributed by atoms with Crippen LogP contribution in [0.4, 0.5) is 27.7 Å². The monoisotopic (exact) mass is 498 g/mol. The van der Waals surface area contributed by atoms with E-state index in [1.807, 2.05) is 72.6 Å². The molecule has 37 heavy (non-hydrogen) atoms. The minimum atomic E-state index is -0.232. The summed E-state index contributed by atoms with van der Waals surface area (Å²) in [5.74, 6) is 0.222. The van der Waals surface area contributed by atoms with Gasteiger partial charge in [-0.25, -0.2) is 9.78 Å². The van der Waals surface area contributed by atoms with Gasteiger partial charge in [-0.3, -0.25) is 9.36 Å². The third-order valence-electron chi connectivity index (χ3n) is 6.83. The van der Waals surface area contributed by atoms with Crippen LogP contribution in [0.15, 0.2) is 73.1 Å². The first-order chi connectivity index (χ1) is 17.9. The maximum absolute atomic E-state index is 12.9. The molecule has 0 saturated carbocycles. The van der Waals surface area contributed by atoms with Crippen molar-refractivity contribution in [1.82, 2.24) is 14.9 Å². The van der Waals surface area contributed by atoms with Gasteiger partial charge in [-0.2, -0.15) is 0 Å². The molecule has 2 aromatic heterocycles. The highest BCUT2D eigenvalue weighted by molar-refractivity contribution is 6.04. The van der Waals surface area contributed by atoms with E-state index in [4.69, 9.17) is 0 Å². The van der Waals surface area contributed by atoms with Crippen LogP contribution in [0.25, 0.3) is 10.9 Å². The van der Waals surface area contributed by atoms with Crippen molar-refractivity contribution in [3.05, 3.63) is 78.6 Å². The molecular weight excluding hydrogens is 468 g/mol. The number of carbonyl (C=O) groups excluding carboxylic acids is 2. The third kappa shape index (κ3) is 5.12. The van der Waals surface area contributed by atoms with E-state index in [0.29, 0.717) is 11.4 Å². The molecule has 1 saturated heterocycles. The molecule has 5 rings (SSSR count). The maximum Gasteiger partial charge on any atom is 0.325 e. The van der Waals surface area contributed by atoms with E-state index in [0.717, 1.165) is 53.9 Å². The Morgan fingerprint density at radius 3 is 2.46 bits per heavy atom. The summed E-state index contributed by atoms with van der Waals surface area (Å²) >= 11 is 0. The molecule has 4 aromatic rings. The minimum absolute atomic E-state index is 0.188. The Hall–Kier alpha value is -4.37. The molecule has 1 aliphatic rings. The number of hydrogen-bond acceptors (Lipinski definition) is 6. The van der Waals surface area contributed by atoms with Gasteiger partial charge in [0, 0.05) is 73.7 Å². The van der Waals surface area contributed by atoms with Crippen LogP contribution >= 0.6 is 0 Å². The molecule has 190 valence electrons. The number of pyridine rings is 1. The summed E-state index contributed by atoms with van der Waals surface area (Å²) in [7, 11) is 3.55. The summed E-state index contributed by atoms with van der Waals surface area (Å²) in [6.07, 6.45) is 4.71. The van der Waals surface area contributed by atoms with Crippen LogP contribution in [-0.4, -0.2) is 59.9 Å². The highest BCUT2D eigenvalue weighted by Crippen LogP contribution is 2.29. The number of benzene rings is 2. The number of carbonyl (C=O) groups is 2. The summed E-state index contributed by atoms with van der Waals surface area (Å²) < 4.78 is 1.57. The Kier molecular flexibility index (Phi) is 6.78. The number of nitrogens with one attached hydrogen (secondary N) is 2. The zero-order valence-electron chi connectivity index (χ0n) is 20.9. The van der Waals surface area contributed by atoms with Crippen molar-refractivity contribution >= 4 is 45.7 Å². The number of aliphatic hydroxyl groups is 1. The number of aliphatic hydroxyl groups excluding tert-OH is 1. The van der Waals surface area contributed by atoms with Gasteiger partial charge in [-0.1, -0.05) is 0 Å². The number of aromatic nitrogens is 2. The van der Waals surface area contributed by atoms with Crippen LogP contribution < -0.4 is 20.4 Å². The lowest BCUT2D eigenvalue weighted by atomic mass is 10.1. The molecule has 1 aliphatic heterocycles. The predicted molar refractivity (Wildman–Crippen MR) is 146 cm³/mol. The summed E-state index contributed by atoms with van der Waals surface area (Å²) in [6.45, 7) is 1.62. The van der Waals surface area contributed by atoms with Gasteiger partial charge in [-0.15, -0.1) is 0 Å². The van der Waals surface area contributed by atoms with E-state index in [1.165, 1.54) is 0 Å². The van der Waals surface area contributed by atoms with Crippen molar-refractivity contribution in [3.8, 4) is 0 Å². The van der Waals surface area contributed by atoms with E-state index in [9.17, 15) is 14.7 Å². The van der Waals surface area contributed by atoms with Gasteiger partial charge in [0.05, 0.1) is 11.6 Å². The van der Waals surface area contributed by atoms with Gasteiger partial charge in [-0.05, 0) is 67.4 Å². The fourth-order valence-electron chi connectivity index (χ4n) is 4.62. The fourth-order valence-corrected chi connectivity index (χ4v) is 4.62. The summed E-state index contributed by atoms with van der Waals surface area (Å²) in [5.41, 5.74) is 4.22. The molecule has 9 nitrogen and oxygen atoms in total. The van der Waals surface area contributed by atoms with Crippen LogP contribution in [0.3, 0.4) is 0 Å². The topological polar surface area (TPSA) is 103 Å². The second kappa shape index (κ2) is 10.3. The zero-order chi connectivity index (χ0) is 25.9. The van der Waals surface area contributed by atoms with Crippen LogP contribution in [-0.2, 0) is 0 Å². The maximum atomic E-state index is 12.9. The number of hydrogen-bond donors (Lipinski definition) is 3. The number of nitrogens with zero attached hydrogens (tertiary/aromatic N) is 4. The lowest BCUT2D eigenvalue weighted by Gasteiger charge is -2.31. The molecule has 0 spiro atoms. The Morgan fingerprint density at radius 1 is 1.00 bits per heavy atom. The van der Waals surface area contributed by atoms with Crippen LogP contribution in [0.1, 0.15) is 23.2 Å². The van der Waals surface area contributed by atoms with E-state index in [1.54, 1.807) is 24.0 Å². The summed E-state index contributed by atoms with van der Waals surface area (Å²) in [5, 5.41) is 16.2. The lowest BCUT2D eigenvalue weighted by molar-refractivity contribution is 0.102. The molecule has 2 aromatic carbocycles. The zero-order valence-corrected chi connectivity index (χ0v) is 20.9. The number of anilines is 4. The van der Waals surface area contributed by atoms with E-state index in [2.05, 4.69) is 20.5 Å². The normalized spacial score (nSPS) is 14.0. The summed E-state index contributed by atoms with van der Waals surface area (Å²) in [4.78, 5) is 33.5. The third-order valence-corrected chi connectivity index (χ3v) is 6.83. The minimum Gasteiger partial charge on any atom is -0.393 e. The average Bonchev–Trinajstić information content (AvgIpc) is 3.36. The molecular formula is C28H30N6O3. The molecule has 0 unspecified atom stereocenters. The van der Waals surface area contributed by atoms with Crippen molar-refractivity contribution in [2.24, 2.45) is 0 Å². The van der Waals surface area contributed by atoms with Crippen molar-refractivity contribution in [3.63, 3.8) is 0 Å². The first kappa shape index (κ1) is 24.3. The molecule has 1 fully saturated rings. The van der Waals surface area contributed by atoms with Gasteiger partial charge < -0.3 is 25.5 Å². The van der Waals surface area contributed by atoms with Crippen molar-refractivity contribution < 1.29 is 14.7 Å². The Balaban J connectivity index is 1.28. The SMILES string of the molecule is CNC(=O)n1ccc2cc(N(C)c3ccnc(NC(=O)c4ccc(N5CCC(O)CC5)cc4)c3)ccc21. The van der Waals surface area contributed by atoms with Gasteiger partial charge in [0.1, 0.15) is 5.82 Å². The van der Waals surface area contributed by atoms with Crippen molar-refractivity contribution in [2.75, 3.05) is 42.3 Å². The highest BCUT2D eigenvalue weighted by atomic mass is 16.3. The van der Waals surface area contributed by atoms with Gasteiger partial charge in [0.25, 0.3) is 5.91 Å². The number of fused-ring (bicyclic) bond motifs is 1. The van der Waals surface area contributed by atoms with E-state index >= 15 is 0 Å². The average molecular weight is 499 g/mol. The number of rotatable bonds is 5. The van der Waals surface area contributed by atoms with Crippen molar-refractivity contribution in [1.29, 1.82) is 0 Å². The quantitative estimate of drug-likeness (QED) is 0.381. The predicted octanol–water partition coefficient (Wildman–Crippen LogP) is 4.21. The Bertz CT molecular complexity index is 1420. The van der Waals surface area contributed by atoms with Crippen LogP contribution in [0.5, 0.6) is 0 Å². The first-order valence-electron chi connectivity index (χ1n) is 12.3. The summed E-state index contributed by atoms with van der Waals surface area (Å²) in [6, 6.07) is 18.8. The molecule has 0 radical (unpaired) electrons. The molecule has 2 amide bonds. The standard InChI is InChI=1S/C28H30N6O3/c1-29-28(37)34-16-10-20-17-22(7-8-25(20)34)32(2)23-9-13-30-26(18-23)31-27(36)19-3-5-21(6-4-19)33-14-11-24(35)12-15-33/h3-10,13,16-18,24,35H,11-12,14-15H2,1-2H3,(H,29,37)(H,30,31,36). The molecule has 3 N–H and O–H groups in total.